The first-order valence-corrected chi connectivity index (χ1v) is 11.4. The van der Waals surface area contributed by atoms with E-state index >= 15 is 0 Å². The first-order chi connectivity index (χ1) is 16.9. The number of H-pyrrole nitrogens is 1. The maximum absolute atomic E-state index is 14.0. The third kappa shape index (κ3) is 3.44. The fourth-order valence-corrected chi connectivity index (χ4v) is 5.14. The zero-order valence-corrected chi connectivity index (χ0v) is 18.9. The van der Waals surface area contributed by atoms with Crippen molar-refractivity contribution in [1.29, 1.82) is 0 Å². The monoisotopic (exact) mass is 481 g/mol. The second-order valence-corrected chi connectivity index (χ2v) is 9.22. The summed E-state index contributed by atoms with van der Waals surface area (Å²) in [6.07, 6.45) is 5.30. The summed E-state index contributed by atoms with van der Waals surface area (Å²) in [5.41, 5.74) is 7.33. The van der Waals surface area contributed by atoms with Crippen molar-refractivity contribution in [2.75, 3.05) is 24.6 Å². The standard InChI is InChI=1S/C24H22F3N7O/c1-13-20(28)24(12-35-13)4-7-33(8-5-24)23-30-21-18(22-29-6-9-34(22)23)17(31-32-21)3-2-14-10-15(25)11-16(26)19(14)27/h6,9-11,13,20H,4-5,7-8,12,28H2,1H3,(H,31,32)/t13-,20+/m0/s1. The predicted octanol–water partition coefficient (Wildman–Crippen LogP) is 2.76. The van der Waals surface area contributed by atoms with Gasteiger partial charge in [-0.15, -0.1) is 0 Å². The van der Waals surface area contributed by atoms with Gasteiger partial charge in [-0.2, -0.15) is 10.1 Å². The SMILES string of the molecule is C[C@@H]1OCC2(CCN(c3nc4[nH]nc(C#Cc5cc(F)cc(F)c5F)c4c4nccn34)CC2)[C@@H]1N. The molecule has 3 aromatic heterocycles. The Morgan fingerprint density at radius 3 is 2.74 bits per heavy atom. The van der Waals surface area contributed by atoms with Crippen LogP contribution in [-0.4, -0.2) is 56.4 Å². The summed E-state index contributed by atoms with van der Waals surface area (Å²) in [6, 6.07) is 1.33. The van der Waals surface area contributed by atoms with E-state index in [4.69, 9.17) is 15.5 Å². The molecule has 0 aliphatic carbocycles. The molecule has 2 fully saturated rings. The predicted molar refractivity (Wildman–Crippen MR) is 122 cm³/mol. The molecule has 8 nitrogen and oxygen atoms in total. The summed E-state index contributed by atoms with van der Waals surface area (Å²) in [7, 11) is 0. The van der Waals surface area contributed by atoms with Crippen molar-refractivity contribution in [1.82, 2.24) is 24.6 Å². The van der Waals surface area contributed by atoms with Gasteiger partial charge < -0.3 is 15.4 Å². The lowest BCUT2D eigenvalue weighted by molar-refractivity contribution is 0.0973. The molecule has 180 valence electrons. The normalized spacial score (nSPS) is 21.7. The number of hydrogen-bond donors (Lipinski definition) is 2. The van der Waals surface area contributed by atoms with Crippen LogP contribution < -0.4 is 10.6 Å². The molecule has 2 atom stereocenters. The minimum atomic E-state index is -1.30. The van der Waals surface area contributed by atoms with Crippen molar-refractivity contribution in [3.8, 4) is 11.8 Å². The Kier molecular flexibility index (Phi) is 4.98. The van der Waals surface area contributed by atoms with E-state index in [0.717, 1.165) is 32.0 Å². The first kappa shape index (κ1) is 21.9. The van der Waals surface area contributed by atoms with E-state index in [9.17, 15) is 13.2 Å². The number of fused-ring (bicyclic) bond motifs is 3. The highest BCUT2D eigenvalue weighted by molar-refractivity contribution is 5.94. The Morgan fingerprint density at radius 1 is 1.20 bits per heavy atom. The van der Waals surface area contributed by atoms with Crippen molar-refractivity contribution in [3.63, 3.8) is 0 Å². The zero-order valence-electron chi connectivity index (χ0n) is 18.9. The van der Waals surface area contributed by atoms with Crippen LogP contribution in [0.2, 0.25) is 0 Å². The van der Waals surface area contributed by atoms with Crippen LogP contribution in [0.1, 0.15) is 31.0 Å². The largest absolute Gasteiger partial charge is 0.376 e. The minimum Gasteiger partial charge on any atom is -0.376 e. The van der Waals surface area contributed by atoms with E-state index in [0.29, 0.717) is 35.3 Å². The van der Waals surface area contributed by atoms with Gasteiger partial charge in [0.25, 0.3) is 0 Å². The molecule has 0 radical (unpaired) electrons. The van der Waals surface area contributed by atoms with Gasteiger partial charge in [0.2, 0.25) is 5.95 Å². The molecular weight excluding hydrogens is 459 g/mol. The molecular formula is C24H22F3N7O. The fourth-order valence-electron chi connectivity index (χ4n) is 5.14. The number of ether oxygens (including phenoxy) is 1. The number of nitrogens with two attached hydrogens (primary N) is 1. The van der Waals surface area contributed by atoms with Crippen LogP contribution in [0.15, 0.2) is 24.5 Å². The summed E-state index contributed by atoms with van der Waals surface area (Å²) in [6.45, 7) is 4.23. The summed E-state index contributed by atoms with van der Waals surface area (Å²) in [5, 5.41) is 7.60. The number of imidazole rings is 1. The minimum absolute atomic E-state index is 0.0125. The second-order valence-electron chi connectivity index (χ2n) is 9.22. The summed E-state index contributed by atoms with van der Waals surface area (Å²) >= 11 is 0. The number of benzene rings is 1. The zero-order chi connectivity index (χ0) is 24.3. The summed E-state index contributed by atoms with van der Waals surface area (Å²) < 4.78 is 48.8. The van der Waals surface area contributed by atoms with Crippen molar-refractivity contribution in [2.45, 2.75) is 31.9 Å². The van der Waals surface area contributed by atoms with Gasteiger partial charge in [0, 0.05) is 43.0 Å². The lowest BCUT2D eigenvalue weighted by Gasteiger charge is -2.41. The molecule has 11 heteroatoms. The van der Waals surface area contributed by atoms with Crippen molar-refractivity contribution < 1.29 is 17.9 Å². The van der Waals surface area contributed by atoms with Gasteiger partial charge in [-0.1, -0.05) is 5.92 Å². The molecule has 2 saturated heterocycles. The number of piperidine rings is 1. The average molecular weight is 481 g/mol. The number of nitrogens with one attached hydrogen (secondary N) is 1. The molecule has 2 aliphatic rings. The third-order valence-electron chi connectivity index (χ3n) is 7.24. The van der Waals surface area contributed by atoms with E-state index in [1.165, 1.54) is 0 Å². The Morgan fingerprint density at radius 2 is 2.00 bits per heavy atom. The van der Waals surface area contributed by atoms with Gasteiger partial charge in [-0.25, -0.2) is 18.2 Å². The molecule has 0 bridgehead atoms. The van der Waals surface area contributed by atoms with E-state index in [1.807, 2.05) is 11.3 Å². The van der Waals surface area contributed by atoms with Gasteiger partial charge in [-0.05, 0) is 31.8 Å². The van der Waals surface area contributed by atoms with E-state index in [-0.39, 0.29) is 23.3 Å². The molecule has 1 spiro atoms. The van der Waals surface area contributed by atoms with Crippen LogP contribution in [0.5, 0.6) is 0 Å². The molecule has 0 saturated carbocycles. The topological polar surface area (TPSA) is 97.4 Å². The average Bonchev–Trinajstić information content (AvgIpc) is 3.55. The Labute approximate surface area is 198 Å². The molecule has 3 N–H and O–H groups in total. The van der Waals surface area contributed by atoms with Crippen LogP contribution in [0.3, 0.4) is 0 Å². The maximum Gasteiger partial charge on any atom is 0.213 e. The smallest absolute Gasteiger partial charge is 0.213 e. The number of aromatic amines is 1. The van der Waals surface area contributed by atoms with Gasteiger partial charge in [0.05, 0.1) is 23.7 Å². The fraction of sp³-hybridized carbons (Fsp3) is 0.375. The van der Waals surface area contributed by atoms with Crippen LogP contribution >= 0.6 is 0 Å². The van der Waals surface area contributed by atoms with Crippen LogP contribution in [0.25, 0.3) is 16.7 Å². The maximum atomic E-state index is 14.0. The Balaban J connectivity index is 1.36. The number of anilines is 1. The Hall–Kier alpha value is -3.62. The number of hydrogen-bond acceptors (Lipinski definition) is 6. The van der Waals surface area contributed by atoms with Crippen molar-refractivity contribution in [3.05, 3.63) is 53.2 Å². The molecule has 4 aromatic rings. The second kappa shape index (κ2) is 7.96. The van der Waals surface area contributed by atoms with Crippen molar-refractivity contribution in [2.24, 2.45) is 11.1 Å². The van der Waals surface area contributed by atoms with E-state index < -0.39 is 23.0 Å². The van der Waals surface area contributed by atoms with Crippen LogP contribution in [-0.2, 0) is 4.74 Å². The van der Waals surface area contributed by atoms with Gasteiger partial charge in [-0.3, -0.25) is 9.50 Å². The molecule has 0 unspecified atom stereocenters. The molecule has 6 rings (SSSR count). The molecule has 1 aromatic carbocycles. The van der Waals surface area contributed by atoms with Crippen LogP contribution in [0.4, 0.5) is 19.1 Å². The van der Waals surface area contributed by atoms with Gasteiger partial charge in [0.15, 0.2) is 22.9 Å². The van der Waals surface area contributed by atoms with E-state index in [2.05, 4.69) is 31.9 Å². The van der Waals surface area contributed by atoms with Crippen LogP contribution in [0, 0.1) is 34.7 Å². The van der Waals surface area contributed by atoms with Crippen molar-refractivity contribution >= 4 is 22.6 Å². The number of rotatable bonds is 1. The molecule has 5 heterocycles. The number of aromatic nitrogens is 5. The van der Waals surface area contributed by atoms with Gasteiger partial charge in [0.1, 0.15) is 11.5 Å². The Bertz CT molecular complexity index is 1510. The third-order valence-corrected chi connectivity index (χ3v) is 7.24. The first-order valence-electron chi connectivity index (χ1n) is 11.4. The van der Waals surface area contributed by atoms with Gasteiger partial charge >= 0.3 is 0 Å². The quantitative estimate of drug-likeness (QED) is 0.321. The number of nitrogens with zero attached hydrogens (tertiary/aromatic N) is 5. The lowest BCUT2D eigenvalue weighted by Crippen LogP contribution is -2.51. The molecule has 0 amide bonds. The van der Waals surface area contributed by atoms with E-state index in [1.54, 1.807) is 12.4 Å². The highest BCUT2D eigenvalue weighted by Gasteiger charge is 2.47. The number of halogens is 3. The highest BCUT2D eigenvalue weighted by Crippen LogP contribution is 2.42. The molecule has 35 heavy (non-hydrogen) atoms. The lowest BCUT2D eigenvalue weighted by atomic mass is 9.73. The summed E-state index contributed by atoms with van der Waals surface area (Å²) in [4.78, 5) is 11.4. The summed E-state index contributed by atoms with van der Waals surface area (Å²) in [5.74, 6) is 2.46. The highest BCUT2D eigenvalue weighted by atomic mass is 19.2. The molecule has 2 aliphatic heterocycles.